The van der Waals surface area contributed by atoms with Crippen LogP contribution in [-0.2, 0) is 0 Å². The number of carboxylic acid groups (broad SMARTS) is 1. The molecule has 1 unspecified atom stereocenters. The average Bonchev–Trinajstić information content (AvgIpc) is 2.71. The second kappa shape index (κ2) is 3.42. The fraction of sp³-hybridized carbons (Fsp3) is 0.900. The van der Waals surface area contributed by atoms with Crippen LogP contribution in [0, 0.1) is 0 Å². The molecule has 14 heavy (non-hydrogen) atoms. The van der Waals surface area contributed by atoms with Crippen LogP contribution in [0.25, 0.3) is 0 Å². The minimum absolute atomic E-state index is 0.220. The van der Waals surface area contributed by atoms with Gasteiger partial charge in [-0.3, -0.25) is 9.80 Å². The summed E-state index contributed by atoms with van der Waals surface area (Å²) in [6.07, 6.45) is 3.64. The van der Waals surface area contributed by atoms with Crippen molar-refractivity contribution in [2.24, 2.45) is 0 Å². The number of amides is 1. The lowest BCUT2D eigenvalue weighted by molar-refractivity contribution is 0.00822. The normalized spacial score (nSPS) is 33.9. The maximum absolute atomic E-state index is 11.1. The van der Waals surface area contributed by atoms with Crippen LogP contribution >= 0.6 is 0 Å². The van der Waals surface area contributed by atoms with Gasteiger partial charge in [-0.15, -0.1) is 0 Å². The van der Waals surface area contributed by atoms with Gasteiger partial charge in [-0.1, -0.05) is 0 Å². The number of nitrogens with zero attached hydrogens (tertiary/aromatic N) is 2. The first kappa shape index (κ1) is 9.77. The van der Waals surface area contributed by atoms with Crippen LogP contribution in [0.1, 0.15) is 32.6 Å². The first-order chi connectivity index (χ1) is 6.64. The number of hydrogen-bond acceptors (Lipinski definition) is 2. The highest BCUT2D eigenvalue weighted by Crippen LogP contribution is 2.34. The third kappa shape index (κ3) is 1.38. The highest BCUT2D eigenvalue weighted by Gasteiger charge is 2.44. The standard InChI is InChI=1S/C10H18N2O2/c1-10(11-6-2-3-7-11)5-4-8-12(10)9(13)14/h2-8H2,1H3,(H,13,14). The molecule has 2 rings (SSSR count). The van der Waals surface area contributed by atoms with Gasteiger partial charge in [0.15, 0.2) is 0 Å². The second-order valence-corrected chi connectivity index (χ2v) is 4.45. The van der Waals surface area contributed by atoms with E-state index in [1.165, 1.54) is 12.8 Å². The zero-order chi connectivity index (χ0) is 10.2. The summed E-state index contributed by atoms with van der Waals surface area (Å²) in [6, 6.07) is 0. The van der Waals surface area contributed by atoms with Crippen LogP contribution in [0.15, 0.2) is 0 Å². The summed E-state index contributed by atoms with van der Waals surface area (Å²) in [5.74, 6) is 0. The molecule has 0 spiro atoms. The Morgan fingerprint density at radius 3 is 2.43 bits per heavy atom. The molecular formula is C10H18N2O2. The van der Waals surface area contributed by atoms with Gasteiger partial charge in [0.25, 0.3) is 0 Å². The molecule has 0 aromatic rings. The molecule has 0 bridgehead atoms. The van der Waals surface area contributed by atoms with Gasteiger partial charge in [0, 0.05) is 19.6 Å². The smallest absolute Gasteiger partial charge is 0.408 e. The van der Waals surface area contributed by atoms with E-state index in [9.17, 15) is 4.79 Å². The molecule has 4 nitrogen and oxygen atoms in total. The van der Waals surface area contributed by atoms with Gasteiger partial charge >= 0.3 is 6.09 Å². The van der Waals surface area contributed by atoms with E-state index in [2.05, 4.69) is 11.8 Å². The lowest BCUT2D eigenvalue weighted by atomic mass is 10.1. The second-order valence-electron chi connectivity index (χ2n) is 4.45. The van der Waals surface area contributed by atoms with Crippen LogP contribution in [0.4, 0.5) is 4.79 Å². The Labute approximate surface area is 84.5 Å². The lowest BCUT2D eigenvalue weighted by Crippen LogP contribution is -2.55. The van der Waals surface area contributed by atoms with Crippen LogP contribution in [0.3, 0.4) is 0 Å². The summed E-state index contributed by atoms with van der Waals surface area (Å²) in [4.78, 5) is 15.0. The quantitative estimate of drug-likeness (QED) is 0.695. The zero-order valence-corrected chi connectivity index (χ0v) is 8.70. The summed E-state index contributed by atoms with van der Waals surface area (Å²) >= 11 is 0. The minimum Gasteiger partial charge on any atom is -0.465 e. The van der Waals surface area contributed by atoms with Crippen molar-refractivity contribution in [3.8, 4) is 0 Å². The van der Waals surface area contributed by atoms with E-state index in [4.69, 9.17) is 5.11 Å². The van der Waals surface area contributed by atoms with E-state index in [1.54, 1.807) is 4.90 Å². The van der Waals surface area contributed by atoms with Gasteiger partial charge in [-0.25, -0.2) is 4.79 Å². The molecule has 2 heterocycles. The molecule has 4 heteroatoms. The summed E-state index contributed by atoms with van der Waals surface area (Å²) in [7, 11) is 0. The third-order valence-corrected chi connectivity index (χ3v) is 3.63. The molecule has 0 aromatic carbocycles. The number of hydrogen-bond donors (Lipinski definition) is 1. The molecule has 0 aliphatic carbocycles. The van der Waals surface area contributed by atoms with Gasteiger partial charge in [0.05, 0.1) is 5.66 Å². The maximum atomic E-state index is 11.1. The van der Waals surface area contributed by atoms with E-state index in [-0.39, 0.29) is 5.66 Å². The van der Waals surface area contributed by atoms with E-state index < -0.39 is 6.09 Å². The molecule has 2 aliphatic heterocycles. The molecule has 1 N–H and O–H groups in total. The van der Waals surface area contributed by atoms with Crippen molar-refractivity contribution in [1.82, 2.24) is 9.80 Å². The van der Waals surface area contributed by atoms with Crippen molar-refractivity contribution in [1.29, 1.82) is 0 Å². The molecule has 1 amide bonds. The molecule has 2 saturated heterocycles. The van der Waals surface area contributed by atoms with Crippen molar-refractivity contribution in [2.75, 3.05) is 19.6 Å². The Morgan fingerprint density at radius 2 is 1.86 bits per heavy atom. The van der Waals surface area contributed by atoms with Crippen LogP contribution < -0.4 is 0 Å². The summed E-state index contributed by atoms with van der Waals surface area (Å²) in [5.41, 5.74) is -0.220. The number of likely N-dealkylation sites (tertiary alicyclic amines) is 2. The average molecular weight is 198 g/mol. The van der Waals surface area contributed by atoms with Crippen molar-refractivity contribution in [3.63, 3.8) is 0 Å². The van der Waals surface area contributed by atoms with Crippen molar-refractivity contribution in [3.05, 3.63) is 0 Å². The van der Waals surface area contributed by atoms with Crippen LogP contribution in [-0.4, -0.2) is 46.3 Å². The van der Waals surface area contributed by atoms with Crippen molar-refractivity contribution < 1.29 is 9.90 Å². The van der Waals surface area contributed by atoms with Crippen molar-refractivity contribution in [2.45, 2.75) is 38.3 Å². The highest BCUT2D eigenvalue weighted by atomic mass is 16.4. The monoisotopic (exact) mass is 198 g/mol. The van der Waals surface area contributed by atoms with Crippen molar-refractivity contribution >= 4 is 6.09 Å². The Bertz CT molecular complexity index is 238. The summed E-state index contributed by atoms with van der Waals surface area (Å²) < 4.78 is 0. The first-order valence-electron chi connectivity index (χ1n) is 5.40. The molecule has 0 saturated carbocycles. The van der Waals surface area contributed by atoms with Crippen LogP contribution in [0.5, 0.6) is 0 Å². The Morgan fingerprint density at radius 1 is 1.21 bits per heavy atom. The predicted octanol–water partition coefficient (Wildman–Crippen LogP) is 1.57. The molecule has 80 valence electrons. The summed E-state index contributed by atoms with van der Waals surface area (Å²) in [6.45, 7) is 4.88. The van der Waals surface area contributed by atoms with Gasteiger partial charge in [0.2, 0.25) is 0 Å². The lowest BCUT2D eigenvalue weighted by Gasteiger charge is -2.41. The van der Waals surface area contributed by atoms with Gasteiger partial charge in [-0.2, -0.15) is 0 Å². The molecule has 2 fully saturated rings. The van der Waals surface area contributed by atoms with Gasteiger partial charge in [-0.05, 0) is 32.6 Å². The van der Waals surface area contributed by atoms with E-state index in [0.717, 1.165) is 25.9 Å². The Kier molecular flexibility index (Phi) is 2.39. The molecule has 1 atom stereocenters. The zero-order valence-electron chi connectivity index (χ0n) is 8.70. The largest absolute Gasteiger partial charge is 0.465 e. The maximum Gasteiger partial charge on any atom is 0.408 e. The molecule has 0 aromatic heterocycles. The summed E-state index contributed by atoms with van der Waals surface area (Å²) in [5, 5.41) is 9.11. The first-order valence-corrected chi connectivity index (χ1v) is 5.40. The van der Waals surface area contributed by atoms with E-state index in [0.29, 0.717) is 6.54 Å². The predicted molar refractivity (Wildman–Crippen MR) is 53.2 cm³/mol. The van der Waals surface area contributed by atoms with E-state index >= 15 is 0 Å². The SMILES string of the molecule is CC1(N2CCCC2)CCCN1C(=O)O. The molecule has 0 radical (unpaired) electrons. The number of carbonyl (C=O) groups is 1. The van der Waals surface area contributed by atoms with Crippen LogP contribution in [0.2, 0.25) is 0 Å². The topological polar surface area (TPSA) is 43.8 Å². The molecular weight excluding hydrogens is 180 g/mol. The van der Waals surface area contributed by atoms with Gasteiger partial charge < -0.3 is 5.11 Å². The van der Waals surface area contributed by atoms with Gasteiger partial charge in [0.1, 0.15) is 0 Å². The fourth-order valence-electron chi connectivity index (χ4n) is 2.78. The Balaban J connectivity index is 2.15. The third-order valence-electron chi connectivity index (χ3n) is 3.63. The minimum atomic E-state index is -0.767. The highest BCUT2D eigenvalue weighted by molar-refractivity contribution is 5.66. The molecule has 2 aliphatic rings. The number of rotatable bonds is 1. The van der Waals surface area contributed by atoms with E-state index in [1.807, 2.05) is 0 Å². The Hall–Kier alpha value is -0.770. The fourth-order valence-corrected chi connectivity index (χ4v) is 2.78.